The van der Waals surface area contributed by atoms with Gasteiger partial charge in [0.2, 0.25) is 0 Å². The summed E-state index contributed by atoms with van der Waals surface area (Å²) in [7, 11) is -1.45. The molecule has 4 nitrogen and oxygen atoms in total. The molecule has 0 aliphatic carbocycles. The molecule has 5 heteroatoms. The molecule has 2 rings (SSSR count). The number of nitrogens with one attached hydrogen (secondary N) is 1. The molecule has 0 aromatic heterocycles. The zero-order valence-electron chi connectivity index (χ0n) is 8.82. The van der Waals surface area contributed by atoms with E-state index in [1.54, 1.807) is 18.2 Å². The van der Waals surface area contributed by atoms with Gasteiger partial charge in [-0.05, 0) is 31.4 Å². The topological polar surface area (TPSA) is 61.7 Å². The van der Waals surface area contributed by atoms with Crippen molar-refractivity contribution in [3.63, 3.8) is 0 Å². The normalized spacial score (nSPS) is 17.3. The first-order chi connectivity index (χ1) is 6.98. The first kappa shape index (κ1) is 10.3. The number of rotatable bonds is 1. The highest BCUT2D eigenvalue weighted by Crippen LogP contribution is 2.31. The van der Waals surface area contributed by atoms with Crippen LogP contribution in [-0.4, -0.2) is 29.3 Å². The number of ether oxygens (including phenoxy) is 1. The maximum atomic E-state index is 9.03. The van der Waals surface area contributed by atoms with Crippen LogP contribution in [-0.2, 0) is 0 Å². The number of hydrogen-bond acceptors (Lipinski definition) is 4. The summed E-state index contributed by atoms with van der Waals surface area (Å²) in [5.74, 6) is 0.664. The summed E-state index contributed by atoms with van der Waals surface area (Å²) in [4.78, 5) is 0. The van der Waals surface area contributed by atoms with Gasteiger partial charge in [0, 0.05) is 0 Å². The van der Waals surface area contributed by atoms with E-state index in [9.17, 15) is 0 Å². The summed E-state index contributed by atoms with van der Waals surface area (Å²) in [5, 5.41) is 21.3. The van der Waals surface area contributed by atoms with Gasteiger partial charge >= 0.3 is 7.12 Å². The summed E-state index contributed by atoms with van der Waals surface area (Å²) in [6.45, 7) is 4.69. The van der Waals surface area contributed by atoms with Crippen molar-refractivity contribution in [1.29, 1.82) is 0 Å². The molecule has 1 aromatic carbocycles. The lowest BCUT2D eigenvalue weighted by atomic mass is 9.80. The van der Waals surface area contributed by atoms with E-state index < -0.39 is 7.12 Å². The Balaban J connectivity index is 2.35. The average molecular weight is 207 g/mol. The van der Waals surface area contributed by atoms with Gasteiger partial charge in [0.15, 0.2) is 0 Å². The molecular weight excluding hydrogens is 193 g/mol. The molecule has 1 aliphatic rings. The van der Waals surface area contributed by atoms with E-state index in [4.69, 9.17) is 14.8 Å². The first-order valence-electron chi connectivity index (χ1n) is 4.91. The minimum absolute atomic E-state index is 0.272. The summed E-state index contributed by atoms with van der Waals surface area (Å²) in [6, 6.07) is 5.10. The molecule has 1 aliphatic heterocycles. The van der Waals surface area contributed by atoms with Gasteiger partial charge < -0.3 is 20.1 Å². The second-order valence-corrected chi connectivity index (χ2v) is 4.34. The Kier molecular flexibility index (Phi) is 2.36. The molecule has 3 N–H and O–H groups in total. The number of fused-ring (bicyclic) bond motifs is 1. The zero-order valence-corrected chi connectivity index (χ0v) is 8.82. The summed E-state index contributed by atoms with van der Waals surface area (Å²) in [5.41, 5.74) is 1.05. The van der Waals surface area contributed by atoms with Crippen molar-refractivity contribution in [3.05, 3.63) is 18.2 Å². The van der Waals surface area contributed by atoms with E-state index in [-0.39, 0.29) is 5.60 Å². The fraction of sp³-hybridized carbons (Fsp3) is 0.400. The van der Waals surface area contributed by atoms with Crippen LogP contribution in [0.1, 0.15) is 13.8 Å². The molecule has 1 aromatic rings. The van der Waals surface area contributed by atoms with E-state index in [0.717, 1.165) is 12.2 Å². The average Bonchev–Trinajstić information content (AvgIpc) is 2.15. The third-order valence-corrected chi connectivity index (χ3v) is 2.39. The van der Waals surface area contributed by atoms with Crippen molar-refractivity contribution in [1.82, 2.24) is 0 Å². The third-order valence-electron chi connectivity index (χ3n) is 2.39. The van der Waals surface area contributed by atoms with E-state index in [0.29, 0.717) is 11.2 Å². The molecule has 0 unspecified atom stereocenters. The molecule has 0 amide bonds. The van der Waals surface area contributed by atoms with Crippen LogP contribution in [0, 0.1) is 0 Å². The van der Waals surface area contributed by atoms with E-state index >= 15 is 0 Å². The maximum absolute atomic E-state index is 9.03. The van der Waals surface area contributed by atoms with Crippen LogP contribution in [0.15, 0.2) is 18.2 Å². The lowest BCUT2D eigenvalue weighted by molar-refractivity contribution is 0.116. The first-order valence-corrected chi connectivity index (χ1v) is 4.91. The fourth-order valence-electron chi connectivity index (χ4n) is 1.57. The molecule has 0 spiro atoms. The molecular formula is C10H14BNO3. The minimum atomic E-state index is -1.45. The van der Waals surface area contributed by atoms with Crippen molar-refractivity contribution >= 4 is 18.3 Å². The number of benzene rings is 1. The van der Waals surface area contributed by atoms with Crippen LogP contribution in [0.4, 0.5) is 5.69 Å². The highest BCUT2D eigenvalue weighted by atomic mass is 16.5. The van der Waals surface area contributed by atoms with Crippen molar-refractivity contribution < 1.29 is 14.8 Å². The van der Waals surface area contributed by atoms with Crippen LogP contribution in [0.25, 0.3) is 0 Å². The number of anilines is 1. The summed E-state index contributed by atoms with van der Waals surface area (Å²) >= 11 is 0. The Morgan fingerprint density at radius 3 is 2.80 bits per heavy atom. The van der Waals surface area contributed by atoms with Crippen LogP contribution in [0.5, 0.6) is 5.75 Å². The lowest BCUT2D eigenvalue weighted by Gasteiger charge is -2.33. The largest absolute Gasteiger partial charge is 0.488 e. The Morgan fingerprint density at radius 1 is 1.40 bits per heavy atom. The van der Waals surface area contributed by atoms with Gasteiger partial charge in [-0.15, -0.1) is 0 Å². The molecule has 0 atom stereocenters. The second-order valence-electron chi connectivity index (χ2n) is 4.34. The maximum Gasteiger partial charge on any atom is 0.488 e. The van der Waals surface area contributed by atoms with Crippen molar-refractivity contribution in [2.75, 3.05) is 11.9 Å². The van der Waals surface area contributed by atoms with E-state index in [1.165, 1.54) is 0 Å². The second kappa shape index (κ2) is 3.43. The summed E-state index contributed by atoms with van der Waals surface area (Å²) < 4.78 is 5.73. The molecule has 0 saturated carbocycles. The van der Waals surface area contributed by atoms with Crippen LogP contribution in [0.3, 0.4) is 0 Å². The van der Waals surface area contributed by atoms with E-state index in [2.05, 4.69) is 5.32 Å². The monoisotopic (exact) mass is 207 g/mol. The molecule has 0 saturated heterocycles. The van der Waals surface area contributed by atoms with Gasteiger partial charge in [-0.1, -0.05) is 6.07 Å². The van der Waals surface area contributed by atoms with Crippen LogP contribution in [0.2, 0.25) is 0 Å². The van der Waals surface area contributed by atoms with Crippen molar-refractivity contribution in [2.24, 2.45) is 0 Å². The Bertz CT molecular complexity index is 379. The quantitative estimate of drug-likeness (QED) is 0.565. The highest BCUT2D eigenvalue weighted by Gasteiger charge is 2.27. The zero-order chi connectivity index (χ0) is 11.1. The van der Waals surface area contributed by atoms with Gasteiger partial charge in [-0.2, -0.15) is 0 Å². The minimum Gasteiger partial charge on any atom is -0.484 e. The van der Waals surface area contributed by atoms with Gasteiger partial charge in [-0.3, -0.25) is 0 Å². The molecule has 80 valence electrons. The molecule has 0 radical (unpaired) electrons. The lowest BCUT2D eigenvalue weighted by Crippen LogP contribution is -2.41. The molecule has 15 heavy (non-hydrogen) atoms. The SMILES string of the molecule is CC1(C)CNc2ccc(B(O)O)cc2O1. The van der Waals surface area contributed by atoms with Crippen LogP contribution >= 0.6 is 0 Å². The van der Waals surface area contributed by atoms with Crippen molar-refractivity contribution in [2.45, 2.75) is 19.4 Å². The van der Waals surface area contributed by atoms with Gasteiger partial charge in [0.25, 0.3) is 0 Å². The predicted octanol–water partition coefficient (Wildman–Crippen LogP) is -0.0507. The smallest absolute Gasteiger partial charge is 0.484 e. The van der Waals surface area contributed by atoms with Gasteiger partial charge in [0.1, 0.15) is 11.4 Å². The van der Waals surface area contributed by atoms with E-state index in [1.807, 2.05) is 13.8 Å². The predicted molar refractivity (Wildman–Crippen MR) is 59.5 cm³/mol. The highest BCUT2D eigenvalue weighted by molar-refractivity contribution is 6.58. The van der Waals surface area contributed by atoms with Gasteiger partial charge in [-0.25, -0.2) is 0 Å². The molecule has 0 fully saturated rings. The Labute approximate surface area is 89.0 Å². The Hall–Kier alpha value is -1.20. The Morgan fingerprint density at radius 2 is 2.13 bits per heavy atom. The molecule has 0 bridgehead atoms. The third kappa shape index (κ3) is 2.08. The number of hydrogen-bond donors (Lipinski definition) is 3. The summed E-state index contributed by atoms with van der Waals surface area (Å²) in [6.07, 6.45) is 0. The van der Waals surface area contributed by atoms with Gasteiger partial charge in [0.05, 0.1) is 12.2 Å². The fourth-order valence-corrected chi connectivity index (χ4v) is 1.57. The standard InChI is InChI=1S/C10H14BNO3/c1-10(2)6-12-8-4-3-7(11(13)14)5-9(8)15-10/h3-5,12-14H,6H2,1-2H3. The van der Waals surface area contributed by atoms with Crippen molar-refractivity contribution in [3.8, 4) is 5.75 Å². The van der Waals surface area contributed by atoms with Crippen LogP contribution < -0.4 is 15.5 Å². The molecule has 1 heterocycles.